The Morgan fingerprint density at radius 2 is 1.82 bits per heavy atom. The largest absolute Gasteiger partial charge is 0.448 e. The summed E-state index contributed by atoms with van der Waals surface area (Å²) in [5.41, 5.74) is 12.2. The van der Waals surface area contributed by atoms with Gasteiger partial charge in [-0.15, -0.1) is 0 Å². The molecule has 0 radical (unpaired) electrons. The van der Waals surface area contributed by atoms with Crippen LogP contribution in [0.3, 0.4) is 0 Å². The minimum Gasteiger partial charge on any atom is -0.448 e. The Balaban J connectivity index is 1.31. The van der Waals surface area contributed by atoms with Gasteiger partial charge in [0, 0.05) is 35.0 Å². The molecule has 0 unspecified atom stereocenters. The standard InChI is InChI=1S/C29H28N6O3S/c1-18(2)28(36)31-12-13-38-29(37)32-15-19-7-9-20(10-8-19)16-35-25-22-5-3-4-6-23(22)33-26(30)24(25)34-27(35)21-11-14-39-17-21/h3-11,14,17H,1,12-13,15-16H2,2H3,(H2,30,33)(H,31,36)(H,32,37). The number of benzene rings is 2. The number of pyridine rings is 1. The highest BCUT2D eigenvalue weighted by Gasteiger charge is 2.19. The molecule has 2 aromatic carbocycles. The van der Waals surface area contributed by atoms with E-state index >= 15 is 0 Å². The fourth-order valence-electron chi connectivity index (χ4n) is 4.25. The Morgan fingerprint density at radius 1 is 1.05 bits per heavy atom. The number of anilines is 1. The Hall–Kier alpha value is -4.70. The highest BCUT2D eigenvalue weighted by atomic mass is 32.1. The minimum atomic E-state index is -0.549. The number of nitrogens with one attached hydrogen (secondary N) is 2. The van der Waals surface area contributed by atoms with E-state index < -0.39 is 6.09 Å². The molecular weight excluding hydrogens is 512 g/mol. The minimum absolute atomic E-state index is 0.0732. The highest BCUT2D eigenvalue weighted by molar-refractivity contribution is 7.08. The zero-order valence-electron chi connectivity index (χ0n) is 21.4. The third kappa shape index (κ3) is 5.75. The first kappa shape index (κ1) is 25.9. The second kappa shape index (κ2) is 11.4. The number of nitrogens with zero attached hydrogens (tertiary/aromatic N) is 3. The van der Waals surface area contributed by atoms with Crippen LogP contribution in [0.15, 0.2) is 77.5 Å². The number of nitrogen functional groups attached to an aromatic ring is 1. The van der Waals surface area contributed by atoms with E-state index in [2.05, 4.69) is 38.2 Å². The molecule has 4 N–H and O–H groups in total. The fourth-order valence-corrected chi connectivity index (χ4v) is 4.89. The number of carbonyl (C=O) groups excluding carboxylic acids is 2. The lowest BCUT2D eigenvalue weighted by molar-refractivity contribution is -0.117. The average molecular weight is 541 g/mol. The van der Waals surface area contributed by atoms with Crippen LogP contribution in [0.2, 0.25) is 0 Å². The van der Waals surface area contributed by atoms with Crippen molar-refractivity contribution in [1.29, 1.82) is 0 Å². The number of para-hydroxylation sites is 1. The first-order chi connectivity index (χ1) is 18.9. The van der Waals surface area contributed by atoms with Crippen molar-refractivity contribution >= 4 is 51.1 Å². The Bertz CT molecular complexity index is 1660. The molecule has 9 nitrogen and oxygen atoms in total. The second-order valence-corrected chi connectivity index (χ2v) is 9.87. The summed E-state index contributed by atoms with van der Waals surface area (Å²) in [6.45, 7) is 6.37. The number of alkyl carbamates (subject to hydrolysis) is 1. The van der Waals surface area contributed by atoms with E-state index in [0.717, 1.165) is 38.9 Å². The van der Waals surface area contributed by atoms with E-state index in [9.17, 15) is 9.59 Å². The van der Waals surface area contributed by atoms with Crippen molar-refractivity contribution < 1.29 is 14.3 Å². The summed E-state index contributed by atoms with van der Waals surface area (Å²) in [6.07, 6.45) is -0.549. The van der Waals surface area contributed by atoms with E-state index in [0.29, 0.717) is 30.0 Å². The molecule has 198 valence electrons. The maximum atomic E-state index is 12.0. The van der Waals surface area contributed by atoms with Crippen LogP contribution in [0.1, 0.15) is 18.1 Å². The van der Waals surface area contributed by atoms with Crippen molar-refractivity contribution in [3.63, 3.8) is 0 Å². The molecule has 5 aromatic rings. The van der Waals surface area contributed by atoms with E-state index in [1.165, 1.54) is 0 Å². The van der Waals surface area contributed by atoms with Gasteiger partial charge in [0.25, 0.3) is 0 Å². The van der Waals surface area contributed by atoms with E-state index in [4.69, 9.17) is 15.5 Å². The smallest absolute Gasteiger partial charge is 0.407 e. The first-order valence-corrected chi connectivity index (χ1v) is 13.3. The summed E-state index contributed by atoms with van der Waals surface area (Å²) >= 11 is 1.62. The van der Waals surface area contributed by atoms with Gasteiger partial charge in [-0.3, -0.25) is 4.79 Å². The maximum absolute atomic E-state index is 12.0. The molecule has 0 aliphatic rings. The van der Waals surface area contributed by atoms with Crippen LogP contribution < -0.4 is 16.4 Å². The predicted molar refractivity (Wildman–Crippen MR) is 154 cm³/mol. The molecule has 0 aliphatic carbocycles. The van der Waals surface area contributed by atoms with Crippen molar-refractivity contribution in [2.45, 2.75) is 20.0 Å². The molecule has 0 saturated carbocycles. The van der Waals surface area contributed by atoms with Crippen molar-refractivity contribution in [1.82, 2.24) is 25.2 Å². The average Bonchev–Trinajstić information content (AvgIpc) is 3.59. The highest BCUT2D eigenvalue weighted by Crippen LogP contribution is 2.33. The predicted octanol–water partition coefficient (Wildman–Crippen LogP) is 4.86. The lowest BCUT2D eigenvalue weighted by atomic mass is 10.1. The molecule has 0 saturated heterocycles. The molecule has 0 spiro atoms. The molecule has 3 heterocycles. The molecule has 0 bridgehead atoms. The van der Waals surface area contributed by atoms with E-state index in [1.54, 1.807) is 18.3 Å². The van der Waals surface area contributed by atoms with Gasteiger partial charge in [0.1, 0.15) is 17.9 Å². The number of fused-ring (bicyclic) bond motifs is 3. The molecule has 2 amide bonds. The first-order valence-electron chi connectivity index (χ1n) is 12.4. The van der Waals surface area contributed by atoms with Gasteiger partial charge in [-0.2, -0.15) is 11.3 Å². The number of carbonyl (C=O) groups is 2. The molecule has 3 aromatic heterocycles. The van der Waals surface area contributed by atoms with E-state index in [1.807, 2.05) is 53.9 Å². The molecule has 39 heavy (non-hydrogen) atoms. The summed E-state index contributed by atoms with van der Waals surface area (Å²) in [5, 5.41) is 10.4. The topological polar surface area (TPSA) is 124 Å². The molecular formula is C29H28N6O3S. The van der Waals surface area contributed by atoms with Gasteiger partial charge < -0.3 is 25.7 Å². The molecule has 0 aliphatic heterocycles. The number of rotatable bonds is 9. The third-order valence-electron chi connectivity index (χ3n) is 6.20. The van der Waals surface area contributed by atoms with Gasteiger partial charge >= 0.3 is 6.09 Å². The number of hydrogen-bond acceptors (Lipinski definition) is 7. The number of imidazole rings is 1. The molecule has 0 atom stereocenters. The van der Waals surface area contributed by atoms with Gasteiger partial charge in [-0.1, -0.05) is 49.0 Å². The summed E-state index contributed by atoms with van der Waals surface area (Å²) in [7, 11) is 0. The Labute approximate surface area is 229 Å². The summed E-state index contributed by atoms with van der Waals surface area (Å²) in [5.74, 6) is 0.980. The quantitative estimate of drug-likeness (QED) is 0.181. The normalized spacial score (nSPS) is 11.0. The molecule has 10 heteroatoms. The van der Waals surface area contributed by atoms with Crippen molar-refractivity contribution in [2.75, 3.05) is 18.9 Å². The second-order valence-electron chi connectivity index (χ2n) is 9.09. The van der Waals surface area contributed by atoms with Crippen LogP contribution in [0.5, 0.6) is 0 Å². The maximum Gasteiger partial charge on any atom is 0.407 e. The van der Waals surface area contributed by atoms with Crippen LogP contribution in [-0.2, 0) is 22.6 Å². The summed E-state index contributed by atoms with van der Waals surface area (Å²) in [6, 6.07) is 18.0. The van der Waals surface area contributed by atoms with Crippen LogP contribution in [0.4, 0.5) is 10.6 Å². The van der Waals surface area contributed by atoms with Crippen molar-refractivity contribution in [3.05, 3.63) is 88.6 Å². The fraction of sp³-hybridized carbons (Fsp3) is 0.172. The third-order valence-corrected chi connectivity index (χ3v) is 6.88. The van der Waals surface area contributed by atoms with Crippen LogP contribution in [0.25, 0.3) is 33.3 Å². The number of aromatic nitrogens is 3. The van der Waals surface area contributed by atoms with Gasteiger partial charge in [0.2, 0.25) is 5.91 Å². The molecule has 0 fully saturated rings. The Morgan fingerprint density at radius 3 is 2.56 bits per heavy atom. The van der Waals surface area contributed by atoms with Crippen molar-refractivity contribution in [2.24, 2.45) is 0 Å². The number of hydrogen-bond donors (Lipinski definition) is 3. The monoisotopic (exact) mass is 540 g/mol. The van der Waals surface area contributed by atoms with Gasteiger partial charge in [0.05, 0.1) is 17.6 Å². The zero-order chi connectivity index (χ0) is 27.4. The summed E-state index contributed by atoms with van der Waals surface area (Å²) in [4.78, 5) is 32.9. The van der Waals surface area contributed by atoms with Crippen LogP contribution >= 0.6 is 11.3 Å². The SMILES string of the molecule is C=C(C)C(=O)NCCOC(=O)NCc1ccc(Cn2c(-c3ccsc3)nc3c(N)nc4ccccc4c32)cc1. The number of nitrogens with two attached hydrogens (primary N) is 1. The summed E-state index contributed by atoms with van der Waals surface area (Å²) < 4.78 is 7.29. The number of ether oxygens (including phenoxy) is 1. The van der Waals surface area contributed by atoms with Gasteiger partial charge in [-0.05, 0) is 35.6 Å². The van der Waals surface area contributed by atoms with E-state index in [-0.39, 0.29) is 19.1 Å². The van der Waals surface area contributed by atoms with Crippen LogP contribution in [0, 0.1) is 0 Å². The molecule has 5 rings (SSSR count). The van der Waals surface area contributed by atoms with Gasteiger partial charge in [-0.25, -0.2) is 14.8 Å². The Kier molecular flexibility index (Phi) is 7.55. The number of thiophene rings is 1. The lowest BCUT2D eigenvalue weighted by Crippen LogP contribution is -2.31. The van der Waals surface area contributed by atoms with Gasteiger partial charge in [0.15, 0.2) is 5.82 Å². The van der Waals surface area contributed by atoms with Crippen molar-refractivity contribution in [3.8, 4) is 11.4 Å². The number of amides is 2. The zero-order valence-corrected chi connectivity index (χ0v) is 22.3. The lowest BCUT2D eigenvalue weighted by Gasteiger charge is -2.12. The van der Waals surface area contributed by atoms with Crippen LogP contribution in [-0.4, -0.2) is 39.7 Å².